The number of aromatic amines is 2. The van der Waals surface area contributed by atoms with E-state index in [2.05, 4.69) is 51.7 Å². The van der Waals surface area contributed by atoms with Crippen LogP contribution in [0.1, 0.15) is 38.2 Å². The third kappa shape index (κ3) is 5.25. The zero-order chi connectivity index (χ0) is 26.8. The van der Waals surface area contributed by atoms with Gasteiger partial charge in [-0.05, 0) is 90.9 Å². The molecule has 0 aliphatic heterocycles. The standard InChI is InChI=1S/C33H34FN5/c1-21(19-36-20-22-6-2-3-7-22)14-25(18-35)23-12-13-31-29(16-23)33(39-38-31)32-17-28-27(10-5-11-30(28)37-32)24-8-4-9-26(34)15-24/h4-5,8-18,22,36-37H,2-3,6-7,19-20,35H2,1H3,(H,38,39)/b21-14+,25-18+. The zero-order valence-electron chi connectivity index (χ0n) is 22.2. The van der Waals surface area contributed by atoms with Crippen molar-refractivity contribution in [2.75, 3.05) is 13.1 Å². The van der Waals surface area contributed by atoms with Crippen molar-refractivity contribution in [1.29, 1.82) is 0 Å². The van der Waals surface area contributed by atoms with E-state index < -0.39 is 0 Å². The van der Waals surface area contributed by atoms with Crippen LogP contribution in [0.2, 0.25) is 0 Å². The highest BCUT2D eigenvalue weighted by Crippen LogP contribution is 2.35. The first-order valence-electron chi connectivity index (χ1n) is 13.8. The maximum Gasteiger partial charge on any atom is 0.123 e. The summed E-state index contributed by atoms with van der Waals surface area (Å²) in [5, 5.41) is 13.5. The monoisotopic (exact) mass is 519 g/mol. The number of rotatable bonds is 8. The van der Waals surface area contributed by atoms with Crippen LogP contribution >= 0.6 is 0 Å². The van der Waals surface area contributed by atoms with Crippen molar-refractivity contribution in [3.05, 3.63) is 96.0 Å². The molecule has 5 aromatic rings. The summed E-state index contributed by atoms with van der Waals surface area (Å²) >= 11 is 0. The Morgan fingerprint density at radius 2 is 1.87 bits per heavy atom. The molecule has 3 aromatic carbocycles. The Kier molecular flexibility index (Phi) is 7.03. The van der Waals surface area contributed by atoms with Crippen LogP contribution in [0.25, 0.3) is 49.9 Å². The second kappa shape index (κ2) is 10.9. The number of aromatic nitrogens is 3. The number of H-pyrrole nitrogens is 2. The number of allylic oxidation sites excluding steroid dienone is 2. The second-order valence-electron chi connectivity index (χ2n) is 10.7. The zero-order valence-corrected chi connectivity index (χ0v) is 22.2. The van der Waals surface area contributed by atoms with Crippen LogP contribution in [0.5, 0.6) is 0 Å². The number of benzene rings is 3. The largest absolute Gasteiger partial charge is 0.404 e. The van der Waals surface area contributed by atoms with Gasteiger partial charge in [-0.2, -0.15) is 5.10 Å². The predicted octanol–water partition coefficient (Wildman–Crippen LogP) is 7.54. The minimum absolute atomic E-state index is 0.247. The van der Waals surface area contributed by atoms with Crippen LogP contribution in [0.15, 0.2) is 84.6 Å². The van der Waals surface area contributed by atoms with Crippen molar-refractivity contribution in [3.63, 3.8) is 0 Å². The molecule has 1 saturated carbocycles. The van der Waals surface area contributed by atoms with E-state index in [1.165, 1.54) is 37.3 Å². The van der Waals surface area contributed by atoms with Crippen molar-refractivity contribution < 1.29 is 4.39 Å². The fourth-order valence-corrected chi connectivity index (χ4v) is 5.82. The third-order valence-corrected chi connectivity index (χ3v) is 7.84. The maximum atomic E-state index is 13.9. The fraction of sp³-hybridized carbons (Fsp3) is 0.242. The first-order valence-corrected chi connectivity index (χ1v) is 13.8. The van der Waals surface area contributed by atoms with Crippen LogP contribution in [0, 0.1) is 11.7 Å². The van der Waals surface area contributed by atoms with Gasteiger partial charge in [-0.3, -0.25) is 5.10 Å². The van der Waals surface area contributed by atoms with E-state index in [1.54, 1.807) is 18.3 Å². The number of nitrogens with two attached hydrogens (primary N) is 1. The maximum absolute atomic E-state index is 13.9. The molecule has 0 unspecified atom stereocenters. The summed E-state index contributed by atoms with van der Waals surface area (Å²) < 4.78 is 13.9. The lowest BCUT2D eigenvalue weighted by Crippen LogP contribution is -2.22. The van der Waals surface area contributed by atoms with E-state index in [4.69, 9.17) is 5.73 Å². The van der Waals surface area contributed by atoms with Crippen LogP contribution < -0.4 is 11.1 Å². The Morgan fingerprint density at radius 3 is 2.69 bits per heavy atom. The molecule has 1 aliphatic carbocycles. The third-order valence-electron chi connectivity index (χ3n) is 7.84. The normalized spacial score (nSPS) is 15.1. The van der Waals surface area contributed by atoms with E-state index in [1.807, 2.05) is 30.3 Å². The van der Waals surface area contributed by atoms with Gasteiger partial charge in [0.05, 0.1) is 11.2 Å². The highest BCUT2D eigenvalue weighted by Gasteiger charge is 2.16. The van der Waals surface area contributed by atoms with Crippen molar-refractivity contribution in [1.82, 2.24) is 20.5 Å². The molecule has 2 aromatic heterocycles. The van der Waals surface area contributed by atoms with Gasteiger partial charge in [0.2, 0.25) is 0 Å². The molecule has 6 rings (SSSR count). The van der Waals surface area contributed by atoms with Gasteiger partial charge in [-0.25, -0.2) is 4.39 Å². The van der Waals surface area contributed by atoms with E-state index in [9.17, 15) is 4.39 Å². The molecular weight excluding hydrogens is 485 g/mol. The molecule has 0 bridgehead atoms. The SMILES string of the molecule is C/C(=C\C(=C/N)c1ccc2[nH]nc(-c3cc4c(-c5cccc(F)c5)cccc4[nH]3)c2c1)CNCC1CCCC1. The molecule has 0 amide bonds. The molecule has 0 saturated heterocycles. The second-order valence-corrected chi connectivity index (χ2v) is 10.7. The summed E-state index contributed by atoms with van der Waals surface area (Å²) in [5.74, 6) is 0.572. The number of halogens is 1. The number of hydrogen-bond acceptors (Lipinski definition) is 3. The quantitative estimate of drug-likeness (QED) is 0.160. The molecule has 6 heteroatoms. The molecule has 2 heterocycles. The van der Waals surface area contributed by atoms with Crippen LogP contribution in [0.4, 0.5) is 4.39 Å². The molecule has 198 valence electrons. The summed E-state index contributed by atoms with van der Waals surface area (Å²) in [7, 11) is 0. The first-order chi connectivity index (χ1) is 19.1. The van der Waals surface area contributed by atoms with Crippen molar-refractivity contribution in [3.8, 4) is 22.5 Å². The van der Waals surface area contributed by atoms with Gasteiger partial charge in [0.25, 0.3) is 0 Å². The van der Waals surface area contributed by atoms with E-state index in [-0.39, 0.29) is 5.82 Å². The lowest BCUT2D eigenvalue weighted by Gasteiger charge is -2.11. The van der Waals surface area contributed by atoms with E-state index in [0.717, 1.165) is 74.5 Å². The first kappa shape index (κ1) is 25.1. The van der Waals surface area contributed by atoms with Gasteiger partial charge >= 0.3 is 0 Å². The number of nitrogens with zero attached hydrogens (tertiary/aromatic N) is 1. The summed E-state index contributed by atoms with van der Waals surface area (Å²) in [4.78, 5) is 3.52. The molecule has 39 heavy (non-hydrogen) atoms. The van der Waals surface area contributed by atoms with Crippen LogP contribution in [0.3, 0.4) is 0 Å². The summed E-state index contributed by atoms with van der Waals surface area (Å²) in [5.41, 5.74) is 14.9. The van der Waals surface area contributed by atoms with E-state index in [0.29, 0.717) is 0 Å². The Bertz CT molecular complexity index is 1680. The molecule has 0 atom stereocenters. The van der Waals surface area contributed by atoms with Crippen LogP contribution in [-0.4, -0.2) is 28.3 Å². The molecule has 1 aliphatic rings. The van der Waals surface area contributed by atoms with Gasteiger partial charge in [-0.15, -0.1) is 0 Å². The minimum atomic E-state index is -0.247. The molecule has 0 spiro atoms. The topological polar surface area (TPSA) is 82.5 Å². The smallest absolute Gasteiger partial charge is 0.123 e. The summed E-state index contributed by atoms with van der Waals surface area (Å²) in [6.45, 7) is 4.09. The van der Waals surface area contributed by atoms with Gasteiger partial charge in [-0.1, -0.05) is 54.8 Å². The van der Waals surface area contributed by atoms with Crippen molar-refractivity contribution in [2.45, 2.75) is 32.6 Å². The van der Waals surface area contributed by atoms with E-state index >= 15 is 0 Å². The molecule has 1 fully saturated rings. The van der Waals surface area contributed by atoms with Gasteiger partial charge < -0.3 is 16.0 Å². The van der Waals surface area contributed by atoms with Gasteiger partial charge in [0.1, 0.15) is 11.5 Å². The van der Waals surface area contributed by atoms with Gasteiger partial charge in [0.15, 0.2) is 0 Å². The summed E-state index contributed by atoms with van der Waals surface area (Å²) in [6.07, 6.45) is 9.27. The Balaban J connectivity index is 1.29. The Labute approximate surface area is 228 Å². The Hall–Kier alpha value is -4.16. The van der Waals surface area contributed by atoms with Crippen molar-refractivity contribution in [2.24, 2.45) is 11.7 Å². The van der Waals surface area contributed by atoms with Gasteiger partial charge in [0, 0.05) is 29.0 Å². The highest BCUT2D eigenvalue weighted by molar-refractivity contribution is 6.01. The van der Waals surface area contributed by atoms with Crippen LogP contribution in [-0.2, 0) is 0 Å². The molecule has 5 nitrogen and oxygen atoms in total. The summed E-state index contributed by atoms with van der Waals surface area (Å²) in [6, 6.07) is 21.1. The average Bonchev–Trinajstić information content (AvgIpc) is 3.70. The predicted molar refractivity (Wildman–Crippen MR) is 160 cm³/mol. The molecule has 5 N–H and O–H groups in total. The average molecular weight is 520 g/mol. The number of nitrogens with one attached hydrogen (secondary N) is 3. The highest BCUT2D eigenvalue weighted by atomic mass is 19.1. The Morgan fingerprint density at radius 1 is 1.03 bits per heavy atom. The lowest BCUT2D eigenvalue weighted by atomic mass is 10.0. The van der Waals surface area contributed by atoms with Crippen molar-refractivity contribution >= 4 is 27.4 Å². The molecule has 0 radical (unpaired) electrons. The number of hydrogen-bond donors (Lipinski definition) is 4. The lowest BCUT2D eigenvalue weighted by molar-refractivity contribution is 0.502. The number of fused-ring (bicyclic) bond motifs is 2. The molecular formula is C33H34FN5. The fourth-order valence-electron chi connectivity index (χ4n) is 5.82. The minimum Gasteiger partial charge on any atom is -0.404 e.